The zero-order chi connectivity index (χ0) is 15.8. The maximum Gasteiger partial charge on any atom is 0.291 e. The van der Waals surface area contributed by atoms with Gasteiger partial charge in [-0.2, -0.15) is 0 Å². The Balaban J connectivity index is 2.04. The van der Waals surface area contributed by atoms with Crippen molar-refractivity contribution in [1.29, 1.82) is 0 Å². The lowest BCUT2D eigenvalue weighted by molar-refractivity contribution is 0.0863. The summed E-state index contributed by atoms with van der Waals surface area (Å²) in [6, 6.07) is 0.129. The van der Waals surface area contributed by atoms with Gasteiger partial charge in [-0.25, -0.2) is 4.98 Å². The lowest BCUT2D eigenvalue weighted by atomic mass is 9.79. The number of piperidine rings is 1. The van der Waals surface area contributed by atoms with Gasteiger partial charge in [-0.15, -0.1) is 5.10 Å². The van der Waals surface area contributed by atoms with E-state index in [4.69, 9.17) is 0 Å². The van der Waals surface area contributed by atoms with Crippen LogP contribution in [0.3, 0.4) is 0 Å². The molecule has 6 heteroatoms. The molecule has 6 nitrogen and oxygen atoms in total. The van der Waals surface area contributed by atoms with Crippen LogP contribution in [-0.2, 0) is 0 Å². The van der Waals surface area contributed by atoms with E-state index in [1.807, 2.05) is 13.8 Å². The van der Waals surface area contributed by atoms with Gasteiger partial charge >= 0.3 is 0 Å². The first kappa shape index (κ1) is 15.9. The second-order valence-electron chi connectivity index (χ2n) is 7.67. The number of aromatic nitrogens is 3. The molecule has 1 amide bonds. The summed E-state index contributed by atoms with van der Waals surface area (Å²) in [4.78, 5) is 16.5. The predicted octanol–water partition coefficient (Wildman–Crippen LogP) is 1.97. The molecule has 1 aliphatic heterocycles. The molecular formula is C15H27N5O. The van der Waals surface area contributed by atoms with Crippen molar-refractivity contribution in [3.05, 3.63) is 11.6 Å². The van der Waals surface area contributed by atoms with Crippen molar-refractivity contribution in [2.45, 2.75) is 77.4 Å². The number of aromatic amines is 1. The Hall–Kier alpha value is -1.43. The molecule has 1 aromatic rings. The number of amides is 1. The summed E-state index contributed by atoms with van der Waals surface area (Å²) >= 11 is 0. The quantitative estimate of drug-likeness (QED) is 0.795. The highest BCUT2D eigenvalue weighted by Gasteiger charge is 2.38. The second kappa shape index (κ2) is 5.40. The number of H-pyrrole nitrogens is 1. The molecule has 2 rings (SSSR count). The standard InChI is InChI=1S/C15H27N5O/c1-9(2)11-17-12(19-18-11)13(21)16-10-7-14(3,4)20-15(5,6)8-10/h9-10,20H,7-8H2,1-6H3,(H,16,21)(H,17,18,19). The van der Waals surface area contributed by atoms with Gasteiger partial charge in [0.2, 0.25) is 5.82 Å². The van der Waals surface area contributed by atoms with Crippen LogP contribution < -0.4 is 10.6 Å². The minimum Gasteiger partial charge on any atom is -0.346 e. The van der Waals surface area contributed by atoms with Crippen LogP contribution in [0, 0.1) is 0 Å². The fraction of sp³-hybridized carbons (Fsp3) is 0.800. The number of nitrogens with zero attached hydrogens (tertiary/aromatic N) is 2. The Morgan fingerprint density at radius 1 is 1.24 bits per heavy atom. The minimum atomic E-state index is -0.198. The molecule has 2 heterocycles. The first-order valence-electron chi connectivity index (χ1n) is 7.60. The topological polar surface area (TPSA) is 82.7 Å². The molecule has 0 radical (unpaired) electrons. The van der Waals surface area contributed by atoms with Crippen LogP contribution in [0.4, 0.5) is 0 Å². The Kier molecular flexibility index (Phi) is 4.10. The lowest BCUT2D eigenvalue weighted by Gasteiger charge is -2.46. The van der Waals surface area contributed by atoms with Gasteiger partial charge in [0, 0.05) is 23.0 Å². The molecule has 0 unspecified atom stereocenters. The third kappa shape index (κ3) is 4.03. The molecule has 0 aliphatic carbocycles. The zero-order valence-electron chi connectivity index (χ0n) is 13.9. The van der Waals surface area contributed by atoms with E-state index in [-0.39, 0.29) is 34.8 Å². The molecule has 118 valence electrons. The Morgan fingerprint density at radius 2 is 1.81 bits per heavy atom. The highest BCUT2D eigenvalue weighted by atomic mass is 16.2. The molecule has 0 aromatic carbocycles. The van der Waals surface area contributed by atoms with Crippen LogP contribution in [0.25, 0.3) is 0 Å². The zero-order valence-corrected chi connectivity index (χ0v) is 13.9. The molecule has 1 aromatic heterocycles. The highest BCUT2D eigenvalue weighted by Crippen LogP contribution is 2.28. The summed E-state index contributed by atoms with van der Waals surface area (Å²) in [6.45, 7) is 12.7. The smallest absolute Gasteiger partial charge is 0.291 e. The predicted molar refractivity (Wildman–Crippen MR) is 82.3 cm³/mol. The number of rotatable bonds is 3. The van der Waals surface area contributed by atoms with Gasteiger partial charge in [0.25, 0.3) is 5.91 Å². The van der Waals surface area contributed by atoms with Crippen molar-refractivity contribution in [3.8, 4) is 0 Å². The van der Waals surface area contributed by atoms with Gasteiger partial charge < -0.3 is 10.6 Å². The largest absolute Gasteiger partial charge is 0.346 e. The van der Waals surface area contributed by atoms with Crippen LogP contribution in [0.15, 0.2) is 0 Å². The number of carbonyl (C=O) groups is 1. The van der Waals surface area contributed by atoms with E-state index < -0.39 is 0 Å². The molecule has 21 heavy (non-hydrogen) atoms. The van der Waals surface area contributed by atoms with E-state index in [0.29, 0.717) is 0 Å². The van der Waals surface area contributed by atoms with Crippen LogP contribution in [0.2, 0.25) is 0 Å². The maximum atomic E-state index is 12.3. The summed E-state index contributed by atoms with van der Waals surface area (Å²) in [7, 11) is 0. The minimum absolute atomic E-state index is 0.00178. The van der Waals surface area contributed by atoms with Crippen molar-refractivity contribution >= 4 is 5.91 Å². The van der Waals surface area contributed by atoms with E-state index in [1.165, 1.54) is 0 Å². The number of hydrogen-bond donors (Lipinski definition) is 3. The van der Waals surface area contributed by atoms with Crippen molar-refractivity contribution in [2.75, 3.05) is 0 Å². The summed E-state index contributed by atoms with van der Waals surface area (Å²) in [5, 5.41) is 13.5. The van der Waals surface area contributed by atoms with Gasteiger partial charge in [-0.3, -0.25) is 9.89 Å². The van der Waals surface area contributed by atoms with Crippen molar-refractivity contribution in [3.63, 3.8) is 0 Å². The van der Waals surface area contributed by atoms with E-state index in [0.717, 1.165) is 18.7 Å². The maximum absolute atomic E-state index is 12.3. The van der Waals surface area contributed by atoms with Crippen LogP contribution in [0.5, 0.6) is 0 Å². The first-order chi connectivity index (χ1) is 9.58. The summed E-state index contributed by atoms with van der Waals surface area (Å²) in [6.07, 6.45) is 1.78. The Bertz CT molecular complexity index is 502. The number of hydrogen-bond acceptors (Lipinski definition) is 4. The Labute approximate surface area is 126 Å². The average molecular weight is 293 g/mol. The third-order valence-electron chi connectivity index (χ3n) is 3.78. The molecule has 0 atom stereocenters. The van der Waals surface area contributed by atoms with E-state index in [2.05, 4.69) is 53.5 Å². The van der Waals surface area contributed by atoms with Gasteiger partial charge in [0.05, 0.1) is 0 Å². The second-order valence-corrected chi connectivity index (χ2v) is 7.67. The third-order valence-corrected chi connectivity index (χ3v) is 3.78. The van der Waals surface area contributed by atoms with Gasteiger partial charge in [0.15, 0.2) is 0 Å². The van der Waals surface area contributed by atoms with Gasteiger partial charge in [-0.05, 0) is 40.5 Å². The summed E-state index contributed by atoms with van der Waals surface area (Å²) in [5.74, 6) is 1.01. The van der Waals surface area contributed by atoms with Crippen LogP contribution in [0.1, 0.15) is 76.7 Å². The van der Waals surface area contributed by atoms with Crippen LogP contribution in [-0.4, -0.2) is 38.2 Å². The normalized spacial score (nSPS) is 21.5. The molecule has 0 bridgehead atoms. The van der Waals surface area contributed by atoms with Crippen LogP contribution >= 0.6 is 0 Å². The molecule has 1 saturated heterocycles. The van der Waals surface area contributed by atoms with E-state index in [9.17, 15) is 4.79 Å². The first-order valence-corrected chi connectivity index (χ1v) is 7.60. The van der Waals surface area contributed by atoms with Crippen molar-refractivity contribution < 1.29 is 4.79 Å². The average Bonchev–Trinajstić information content (AvgIpc) is 2.72. The molecular weight excluding hydrogens is 266 g/mol. The highest BCUT2D eigenvalue weighted by molar-refractivity contribution is 5.90. The SMILES string of the molecule is CC(C)c1nc(C(=O)NC2CC(C)(C)NC(C)(C)C2)n[nH]1. The fourth-order valence-electron chi connectivity index (χ4n) is 3.31. The molecule has 0 spiro atoms. The van der Waals surface area contributed by atoms with Gasteiger partial charge in [-0.1, -0.05) is 13.8 Å². The molecule has 1 fully saturated rings. The molecule has 3 N–H and O–H groups in total. The summed E-state index contributed by atoms with van der Waals surface area (Å²) in [5.41, 5.74) is 0.00356. The van der Waals surface area contributed by atoms with Crippen molar-refractivity contribution in [2.24, 2.45) is 0 Å². The van der Waals surface area contributed by atoms with Gasteiger partial charge in [0.1, 0.15) is 5.82 Å². The van der Waals surface area contributed by atoms with E-state index in [1.54, 1.807) is 0 Å². The number of carbonyl (C=O) groups excluding carboxylic acids is 1. The lowest BCUT2D eigenvalue weighted by Crippen LogP contribution is -2.62. The van der Waals surface area contributed by atoms with E-state index >= 15 is 0 Å². The molecule has 0 saturated carbocycles. The fourth-order valence-corrected chi connectivity index (χ4v) is 3.31. The number of nitrogens with one attached hydrogen (secondary N) is 3. The van der Waals surface area contributed by atoms with Crippen molar-refractivity contribution in [1.82, 2.24) is 25.8 Å². The monoisotopic (exact) mass is 293 g/mol. The summed E-state index contributed by atoms with van der Waals surface area (Å²) < 4.78 is 0. The Morgan fingerprint density at radius 3 is 2.29 bits per heavy atom. The molecule has 1 aliphatic rings.